The lowest BCUT2D eigenvalue weighted by molar-refractivity contribution is -0.137. The number of urea groups is 1. The Morgan fingerprint density at radius 3 is 2.59 bits per heavy atom. The zero-order chi connectivity index (χ0) is 16.2. The third-order valence-electron chi connectivity index (χ3n) is 3.76. The molecule has 1 unspecified atom stereocenters. The van der Waals surface area contributed by atoms with Crippen LogP contribution in [0.1, 0.15) is 18.4 Å². The summed E-state index contributed by atoms with van der Waals surface area (Å²) in [6.45, 7) is 2.18. The third kappa shape index (κ3) is 4.37. The Balaban J connectivity index is 1.94. The van der Waals surface area contributed by atoms with Gasteiger partial charge in [0, 0.05) is 18.8 Å². The molecule has 0 aliphatic carbocycles. The van der Waals surface area contributed by atoms with Gasteiger partial charge in [0.05, 0.1) is 5.56 Å². The van der Waals surface area contributed by atoms with Crippen LogP contribution in [0.25, 0.3) is 0 Å². The van der Waals surface area contributed by atoms with E-state index in [4.69, 9.17) is 0 Å². The Hall–Kier alpha value is -1.76. The fourth-order valence-electron chi connectivity index (χ4n) is 2.65. The third-order valence-corrected chi connectivity index (χ3v) is 3.76. The number of amides is 2. The number of piperidine rings is 1. The molecule has 0 saturated carbocycles. The van der Waals surface area contributed by atoms with Crippen molar-refractivity contribution in [3.8, 4) is 0 Å². The highest BCUT2D eigenvalue weighted by molar-refractivity contribution is 5.89. The molecule has 1 aromatic rings. The molecule has 22 heavy (non-hydrogen) atoms. The predicted octanol–water partition coefficient (Wildman–Crippen LogP) is 3.17. The number of anilines is 1. The van der Waals surface area contributed by atoms with Crippen LogP contribution >= 0.6 is 0 Å². The quantitative estimate of drug-likeness (QED) is 0.900. The first kappa shape index (κ1) is 16.6. The van der Waals surface area contributed by atoms with Crippen molar-refractivity contribution < 1.29 is 18.0 Å². The van der Waals surface area contributed by atoms with Gasteiger partial charge >= 0.3 is 12.2 Å². The van der Waals surface area contributed by atoms with Gasteiger partial charge in [0.2, 0.25) is 0 Å². The van der Waals surface area contributed by atoms with E-state index in [1.807, 2.05) is 7.05 Å². The molecule has 0 bridgehead atoms. The van der Waals surface area contributed by atoms with E-state index in [2.05, 4.69) is 10.6 Å². The minimum Gasteiger partial charge on any atom is -0.324 e. The zero-order valence-electron chi connectivity index (χ0n) is 12.4. The molecule has 0 radical (unpaired) electrons. The molecular weight excluding hydrogens is 295 g/mol. The number of nitrogens with zero attached hydrogens (tertiary/aromatic N) is 1. The zero-order valence-corrected chi connectivity index (χ0v) is 12.4. The van der Waals surface area contributed by atoms with Crippen molar-refractivity contribution in [2.24, 2.45) is 5.92 Å². The van der Waals surface area contributed by atoms with Crippen molar-refractivity contribution >= 4 is 11.7 Å². The number of carbonyl (C=O) groups excluding carboxylic acids is 1. The van der Waals surface area contributed by atoms with E-state index in [1.165, 1.54) is 12.1 Å². The van der Waals surface area contributed by atoms with Crippen molar-refractivity contribution in [2.75, 3.05) is 32.0 Å². The van der Waals surface area contributed by atoms with E-state index in [0.29, 0.717) is 24.7 Å². The lowest BCUT2D eigenvalue weighted by Gasteiger charge is -2.32. The van der Waals surface area contributed by atoms with Crippen molar-refractivity contribution in [1.29, 1.82) is 0 Å². The van der Waals surface area contributed by atoms with E-state index in [0.717, 1.165) is 31.5 Å². The molecule has 1 saturated heterocycles. The van der Waals surface area contributed by atoms with Gasteiger partial charge < -0.3 is 15.5 Å². The monoisotopic (exact) mass is 315 g/mol. The molecule has 2 amide bonds. The minimum atomic E-state index is -4.37. The Labute approximate surface area is 127 Å². The second-order valence-corrected chi connectivity index (χ2v) is 5.52. The van der Waals surface area contributed by atoms with Crippen LogP contribution in [0, 0.1) is 5.92 Å². The van der Waals surface area contributed by atoms with Crippen LogP contribution in [0.2, 0.25) is 0 Å². The lowest BCUT2D eigenvalue weighted by atomic mass is 9.98. The molecule has 1 aliphatic rings. The van der Waals surface area contributed by atoms with Crippen molar-refractivity contribution in [3.05, 3.63) is 29.8 Å². The summed E-state index contributed by atoms with van der Waals surface area (Å²) in [4.78, 5) is 13.9. The van der Waals surface area contributed by atoms with Gasteiger partial charge in [-0.3, -0.25) is 0 Å². The standard InChI is InChI=1S/C15H20F3N3O/c1-19-9-11-3-2-8-21(10-11)14(22)20-13-6-4-12(5-7-13)15(16,17)18/h4-7,11,19H,2-3,8-10H2,1H3,(H,20,22). The molecule has 0 aromatic heterocycles. The van der Waals surface area contributed by atoms with E-state index in [1.54, 1.807) is 4.90 Å². The summed E-state index contributed by atoms with van der Waals surface area (Å²) in [5.41, 5.74) is -0.355. The van der Waals surface area contributed by atoms with Gasteiger partial charge in [0.25, 0.3) is 0 Å². The summed E-state index contributed by atoms with van der Waals surface area (Å²) >= 11 is 0. The van der Waals surface area contributed by atoms with Crippen molar-refractivity contribution in [3.63, 3.8) is 0 Å². The molecule has 2 rings (SSSR count). The second kappa shape index (κ2) is 7.00. The molecule has 1 heterocycles. The number of nitrogens with one attached hydrogen (secondary N) is 2. The van der Waals surface area contributed by atoms with Gasteiger partial charge in [-0.25, -0.2) is 4.79 Å². The van der Waals surface area contributed by atoms with E-state index < -0.39 is 11.7 Å². The Morgan fingerprint density at radius 2 is 2.00 bits per heavy atom. The molecule has 1 aromatic carbocycles. The Morgan fingerprint density at radius 1 is 1.32 bits per heavy atom. The molecule has 1 aliphatic heterocycles. The maximum atomic E-state index is 12.5. The number of hydrogen-bond acceptors (Lipinski definition) is 2. The largest absolute Gasteiger partial charge is 0.416 e. The molecule has 122 valence electrons. The number of halogens is 3. The van der Waals surface area contributed by atoms with E-state index >= 15 is 0 Å². The lowest BCUT2D eigenvalue weighted by Crippen LogP contribution is -2.44. The van der Waals surface area contributed by atoms with Crippen LogP contribution < -0.4 is 10.6 Å². The highest BCUT2D eigenvalue weighted by Gasteiger charge is 2.30. The van der Waals surface area contributed by atoms with Crippen LogP contribution in [-0.2, 0) is 6.18 Å². The Kier molecular flexibility index (Phi) is 5.28. The van der Waals surface area contributed by atoms with Crippen LogP contribution in [0.3, 0.4) is 0 Å². The number of likely N-dealkylation sites (tertiary alicyclic amines) is 1. The van der Waals surface area contributed by atoms with Crippen LogP contribution in [-0.4, -0.2) is 37.6 Å². The van der Waals surface area contributed by atoms with Gasteiger partial charge in [-0.1, -0.05) is 0 Å². The first-order valence-corrected chi connectivity index (χ1v) is 7.28. The predicted molar refractivity (Wildman–Crippen MR) is 78.7 cm³/mol. The van der Waals surface area contributed by atoms with Gasteiger partial charge in [0.15, 0.2) is 0 Å². The fourth-order valence-corrected chi connectivity index (χ4v) is 2.65. The maximum absolute atomic E-state index is 12.5. The Bertz CT molecular complexity index is 500. The summed E-state index contributed by atoms with van der Waals surface area (Å²) in [6, 6.07) is 4.22. The minimum absolute atomic E-state index is 0.263. The molecule has 7 heteroatoms. The summed E-state index contributed by atoms with van der Waals surface area (Å²) in [5, 5.41) is 5.75. The van der Waals surface area contributed by atoms with Crippen LogP contribution in [0.4, 0.5) is 23.7 Å². The second-order valence-electron chi connectivity index (χ2n) is 5.52. The van der Waals surface area contributed by atoms with Crippen molar-refractivity contribution in [1.82, 2.24) is 10.2 Å². The normalized spacial score (nSPS) is 19.1. The first-order chi connectivity index (χ1) is 10.4. The average molecular weight is 315 g/mol. The van der Waals surface area contributed by atoms with E-state index in [-0.39, 0.29) is 6.03 Å². The summed E-state index contributed by atoms with van der Waals surface area (Å²) in [6.07, 6.45) is -2.35. The first-order valence-electron chi connectivity index (χ1n) is 7.28. The number of alkyl halides is 3. The smallest absolute Gasteiger partial charge is 0.324 e. The highest BCUT2D eigenvalue weighted by Crippen LogP contribution is 2.29. The number of hydrogen-bond donors (Lipinski definition) is 2. The summed E-state index contributed by atoms with van der Waals surface area (Å²) < 4.78 is 37.5. The fraction of sp³-hybridized carbons (Fsp3) is 0.533. The summed E-state index contributed by atoms with van der Waals surface area (Å²) in [5.74, 6) is 0.414. The molecule has 1 fully saturated rings. The van der Waals surface area contributed by atoms with Crippen molar-refractivity contribution in [2.45, 2.75) is 19.0 Å². The summed E-state index contributed by atoms with van der Waals surface area (Å²) in [7, 11) is 1.88. The van der Waals surface area contributed by atoms with Crippen LogP contribution in [0.15, 0.2) is 24.3 Å². The van der Waals surface area contributed by atoms with Gasteiger partial charge in [-0.2, -0.15) is 13.2 Å². The molecule has 1 atom stereocenters. The van der Waals surface area contributed by atoms with Gasteiger partial charge in [-0.05, 0) is 56.6 Å². The number of rotatable bonds is 3. The SMILES string of the molecule is CNCC1CCCN(C(=O)Nc2ccc(C(F)(F)F)cc2)C1. The van der Waals surface area contributed by atoms with Gasteiger partial charge in [0.1, 0.15) is 0 Å². The number of carbonyl (C=O) groups is 1. The molecule has 2 N–H and O–H groups in total. The average Bonchev–Trinajstić information content (AvgIpc) is 2.47. The molecular formula is C15H20F3N3O. The molecule has 0 spiro atoms. The highest BCUT2D eigenvalue weighted by atomic mass is 19.4. The van der Waals surface area contributed by atoms with E-state index in [9.17, 15) is 18.0 Å². The van der Waals surface area contributed by atoms with Gasteiger partial charge in [-0.15, -0.1) is 0 Å². The van der Waals surface area contributed by atoms with Crippen LogP contribution in [0.5, 0.6) is 0 Å². The maximum Gasteiger partial charge on any atom is 0.416 e. The topological polar surface area (TPSA) is 44.4 Å². The number of benzene rings is 1. The molecule has 4 nitrogen and oxygen atoms in total.